The van der Waals surface area contributed by atoms with Crippen LogP contribution in [-0.2, 0) is 0 Å². The molecular formula is C20H28N4OS. The molecule has 2 N–H and O–H groups in total. The van der Waals surface area contributed by atoms with Crippen LogP contribution in [0.25, 0.3) is 0 Å². The minimum Gasteiger partial charge on any atom is -0.468 e. The van der Waals surface area contributed by atoms with Crippen molar-refractivity contribution in [3.63, 3.8) is 0 Å². The van der Waals surface area contributed by atoms with Crippen LogP contribution >= 0.6 is 11.8 Å². The van der Waals surface area contributed by atoms with E-state index in [1.165, 1.54) is 17.7 Å². The third kappa shape index (κ3) is 5.54. The van der Waals surface area contributed by atoms with Gasteiger partial charge in [-0.05, 0) is 50.2 Å². The highest BCUT2D eigenvalue weighted by atomic mass is 32.2. The fraction of sp³-hybridized carbons (Fsp3) is 0.450. The summed E-state index contributed by atoms with van der Waals surface area (Å²) in [7, 11) is 1.82. The lowest BCUT2D eigenvalue weighted by molar-refractivity contribution is 0.215. The first-order valence-corrected chi connectivity index (χ1v) is 10.2. The van der Waals surface area contributed by atoms with E-state index in [9.17, 15) is 0 Å². The minimum atomic E-state index is 0.254. The summed E-state index contributed by atoms with van der Waals surface area (Å²) in [5.74, 6) is 2.86. The van der Waals surface area contributed by atoms with E-state index in [0.717, 1.165) is 43.7 Å². The Bertz CT molecular complexity index is 654. The van der Waals surface area contributed by atoms with Crippen molar-refractivity contribution in [3.8, 4) is 0 Å². The molecule has 2 heterocycles. The number of nitrogens with one attached hydrogen (secondary N) is 2. The topological polar surface area (TPSA) is 52.8 Å². The number of benzene rings is 1. The van der Waals surface area contributed by atoms with Gasteiger partial charge in [0.2, 0.25) is 0 Å². The van der Waals surface area contributed by atoms with Gasteiger partial charge in [0, 0.05) is 30.8 Å². The highest BCUT2D eigenvalue weighted by Crippen LogP contribution is 2.24. The van der Waals surface area contributed by atoms with Crippen molar-refractivity contribution in [3.05, 3.63) is 54.5 Å². The van der Waals surface area contributed by atoms with E-state index in [0.29, 0.717) is 0 Å². The summed E-state index contributed by atoms with van der Waals surface area (Å²) < 4.78 is 5.68. The number of rotatable bonds is 8. The lowest BCUT2D eigenvalue weighted by Gasteiger charge is -2.26. The normalized spacial score (nSPS) is 16.6. The molecule has 5 nitrogen and oxygen atoms in total. The van der Waals surface area contributed by atoms with Crippen molar-refractivity contribution < 1.29 is 4.42 Å². The fourth-order valence-electron chi connectivity index (χ4n) is 3.21. The Morgan fingerprint density at radius 1 is 1.15 bits per heavy atom. The number of nitrogens with zero attached hydrogens (tertiary/aromatic N) is 2. The van der Waals surface area contributed by atoms with Gasteiger partial charge in [0.1, 0.15) is 5.76 Å². The first kappa shape index (κ1) is 18.9. The maximum atomic E-state index is 5.68. The average molecular weight is 373 g/mol. The molecule has 1 aromatic heterocycles. The van der Waals surface area contributed by atoms with Gasteiger partial charge in [0.25, 0.3) is 0 Å². The molecule has 1 aliphatic rings. The lowest BCUT2D eigenvalue weighted by Crippen LogP contribution is -2.43. The molecular weight excluding hydrogens is 344 g/mol. The van der Waals surface area contributed by atoms with Gasteiger partial charge >= 0.3 is 0 Å². The van der Waals surface area contributed by atoms with E-state index >= 15 is 0 Å². The molecule has 26 heavy (non-hydrogen) atoms. The van der Waals surface area contributed by atoms with Crippen molar-refractivity contribution in [2.24, 2.45) is 4.99 Å². The van der Waals surface area contributed by atoms with E-state index in [4.69, 9.17) is 4.42 Å². The summed E-state index contributed by atoms with van der Waals surface area (Å²) in [6, 6.07) is 14.8. The third-order valence-electron chi connectivity index (χ3n) is 4.55. The Kier molecular flexibility index (Phi) is 7.46. The van der Waals surface area contributed by atoms with E-state index in [2.05, 4.69) is 50.9 Å². The number of thioether (sulfide) groups is 1. The van der Waals surface area contributed by atoms with Crippen molar-refractivity contribution in [2.75, 3.05) is 39.0 Å². The smallest absolute Gasteiger partial charge is 0.191 e. The van der Waals surface area contributed by atoms with Crippen molar-refractivity contribution in [2.45, 2.75) is 23.8 Å². The monoisotopic (exact) mass is 372 g/mol. The SMILES string of the molecule is CN=C(NCCSc1ccccc1)NCC(c1ccco1)N1CCCC1. The number of likely N-dealkylation sites (tertiary alicyclic amines) is 1. The average Bonchev–Trinajstić information content (AvgIpc) is 3.39. The summed E-state index contributed by atoms with van der Waals surface area (Å²) in [4.78, 5) is 8.13. The first-order valence-electron chi connectivity index (χ1n) is 9.26. The van der Waals surface area contributed by atoms with Crippen LogP contribution in [0.15, 0.2) is 63.0 Å². The van der Waals surface area contributed by atoms with Crippen LogP contribution in [0.1, 0.15) is 24.6 Å². The van der Waals surface area contributed by atoms with E-state index in [1.54, 1.807) is 6.26 Å². The summed E-state index contributed by atoms with van der Waals surface area (Å²) in [5.41, 5.74) is 0. The molecule has 1 fully saturated rings. The van der Waals surface area contributed by atoms with Gasteiger partial charge in [-0.25, -0.2) is 0 Å². The van der Waals surface area contributed by atoms with Crippen LogP contribution in [-0.4, -0.2) is 49.8 Å². The van der Waals surface area contributed by atoms with Crippen molar-refractivity contribution in [1.29, 1.82) is 0 Å². The maximum absolute atomic E-state index is 5.68. The zero-order valence-corrected chi connectivity index (χ0v) is 16.2. The van der Waals surface area contributed by atoms with Gasteiger partial charge < -0.3 is 15.1 Å². The molecule has 2 aromatic rings. The predicted octanol–water partition coefficient (Wildman–Crippen LogP) is 3.37. The van der Waals surface area contributed by atoms with Crippen LogP contribution in [0.2, 0.25) is 0 Å². The number of furan rings is 1. The summed E-state index contributed by atoms with van der Waals surface area (Å²) in [5, 5.41) is 6.86. The predicted molar refractivity (Wildman–Crippen MR) is 109 cm³/mol. The highest BCUT2D eigenvalue weighted by Gasteiger charge is 2.25. The Labute approximate surface area is 160 Å². The Morgan fingerprint density at radius 2 is 1.96 bits per heavy atom. The second kappa shape index (κ2) is 10.3. The summed E-state index contributed by atoms with van der Waals surface area (Å²) in [6.07, 6.45) is 4.29. The Hall–Kier alpha value is -1.92. The van der Waals surface area contributed by atoms with Gasteiger partial charge in [-0.2, -0.15) is 0 Å². The van der Waals surface area contributed by atoms with Gasteiger partial charge in [-0.1, -0.05) is 18.2 Å². The molecule has 0 saturated carbocycles. The van der Waals surface area contributed by atoms with Crippen LogP contribution in [0, 0.1) is 0 Å². The summed E-state index contributed by atoms with van der Waals surface area (Å²) in [6.45, 7) is 3.92. The van der Waals surface area contributed by atoms with E-state index < -0.39 is 0 Å². The van der Waals surface area contributed by atoms with E-state index in [-0.39, 0.29) is 6.04 Å². The fourth-order valence-corrected chi connectivity index (χ4v) is 4.00. The highest BCUT2D eigenvalue weighted by molar-refractivity contribution is 7.99. The first-order chi connectivity index (χ1) is 12.9. The molecule has 0 aliphatic carbocycles. The Morgan fingerprint density at radius 3 is 2.65 bits per heavy atom. The molecule has 0 amide bonds. The molecule has 6 heteroatoms. The molecule has 1 aliphatic heterocycles. The number of hydrogen-bond acceptors (Lipinski definition) is 4. The maximum Gasteiger partial charge on any atom is 0.191 e. The third-order valence-corrected chi connectivity index (χ3v) is 5.56. The largest absolute Gasteiger partial charge is 0.468 e. The lowest BCUT2D eigenvalue weighted by atomic mass is 10.2. The van der Waals surface area contributed by atoms with Crippen molar-refractivity contribution >= 4 is 17.7 Å². The molecule has 0 bridgehead atoms. The summed E-state index contributed by atoms with van der Waals surface area (Å²) >= 11 is 1.85. The van der Waals surface area contributed by atoms with Gasteiger partial charge in [0.05, 0.1) is 12.3 Å². The zero-order valence-electron chi connectivity index (χ0n) is 15.4. The van der Waals surface area contributed by atoms with Crippen LogP contribution in [0.3, 0.4) is 0 Å². The molecule has 1 saturated heterocycles. The van der Waals surface area contributed by atoms with Crippen molar-refractivity contribution in [1.82, 2.24) is 15.5 Å². The molecule has 1 aromatic carbocycles. The number of guanidine groups is 1. The quantitative estimate of drug-likeness (QED) is 0.322. The van der Waals surface area contributed by atoms with Gasteiger partial charge in [-0.15, -0.1) is 11.8 Å². The molecule has 0 radical (unpaired) electrons. The van der Waals surface area contributed by atoms with Crippen LogP contribution in [0.4, 0.5) is 0 Å². The zero-order chi connectivity index (χ0) is 18.0. The second-order valence-corrected chi connectivity index (χ2v) is 7.48. The van der Waals surface area contributed by atoms with E-state index in [1.807, 2.05) is 30.9 Å². The molecule has 0 spiro atoms. The standard InChI is InChI=1S/C20H28N4OS/c1-21-20(22-11-15-26-17-8-3-2-4-9-17)23-16-18(19-10-7-14-25-19)24-12-5-6-13-24/h2-4,7-10,14,18H,5-6,11-13,15-16H2,1H3,(H2,21,22,23). The molecule has 1 unspecified atom stereocenters. The van der Waals surface area contributed by atoms with Crippen LogP contribution < -0.4 is 10.6 Å². The number of hydrogen-bond donors (Lipinski definition) is 2. The minimum absolute atomic E-state index is 0.254. The number of aliphatic imine (C=N–C) groups is 1. The molecule has 1 atom stereocenters. The van der Waals surface area contributed by atoms with Gasteiger partial charge in [0.15, 0.2) is 5.96 Å². The molecule has 140 valence electrons. The Balaban J connectivity index is 1.44. The van der Waals surface area contributed by atoms with Crippen LogP contribution in [0.5, 0.6) is 0 Å². The molecule has 3 rings (SSSR count). The van der Waals surface area contributed by atoms with Gasteiger partial charge in [-0.3, -0.25) is 9.89 Å². The second-order valence-electron chi connectivity index (χ2n) is 6.32.